The molecule has 0 saturated carbocycles. The quantitative estimate of drug-likeness (QED) is 0.899. The summed E-state index contributed by atoms with van der Waals surface area (Å²) in [6.45, 7) is 14.1. The standard InChI is InChI=1S/C16H28N4S/c1-6-7-17-15-13(5)16(19-14(18-15)11(2)3)20-8-9-21-12(4)10-20/h11-12H,6-10H2,1-5H3,(H,17,18,19). The maximum Gasteiger partial charge on any atom is 0.137 e. The van der Waals surface area contributed by atoms with Gasteiger partial charge in [-0.15, -0.1) is 0 Å². The molecule has 2 heterocycles. The van der Waals surface area contributed by atoms with E-state index in [1.165, 1.54) is 11.3 Å². The van der Waals surface area contributed by atoms with E-state index in [9.17, 15) is 0 Å². The van der Waals surface area contributed by atoms with Gasteiger partial charge in [-0.05, 0) is 13.3 Å². The van der Waals surface area contributed by atoms with Crippen molar-refractivity contribution in [1.29, 1.82) is 0 Å². The molecule has 1 atom stereocenters. The molecule has 1 aliphatic rings. The summed E-state index contributed by atoms with van der Waals surface area (Å²) in [4.78, 5) is 12.0. The Morgan fingerprint density at radius 3 is 2.76 bits per heavy atom. The molecule has 0 aromatic carbocycles. The van der Waals surface area contributed by atoms with Gasteiger partial charge < -0.3 is 10.2 Å². The van der Waals surface area contributed by atoms with Crippen molar-refractivity contribution in [2.75, 3.05) is 35.6 Å². The monoisotopic (exact) mass is 308 g/mol. The van der Waals surface area contributed by atoms with Gasteiger partial charge in [0.15, 0.2) is 0 Å². The van der Waals surface area contributed by atoms with Crippen LogP contribution in [0.25, 0.3) is 0 Å². The molecule has 1 fully saturated rings. The normalized spacial score (nSPS) is 19.1. The minimum absolute atomic E-state index is 0.350. The Morgan fingerprint density at radius 2 is 2.14 bits per heavy atom. The third-order valence-electron chi connectivity index (χ3n) is 3.74. The van der Waals surface area contributed by atoms with Crippen LogP contribution in [-0.2, 0) is 0 Å². The van der Waals surface area contributed by atoms with E-state index in [1.54, 1.807) is 0 Å². The molecule has 1 unspecified atom stereocenters. The molecule has 1 N–H and O–H groups in total. The molecular weight excluding hydrogens is 280 g/mol. The fourth-order valence-electron chi connectivity index (χ4n) is 2.51. The summed E-state index contributed by atoms with van der Waals surface area (Å²) >= 11 is 2.05. The zero-order valence-corrected chi connectivity index (χ0v) is 14.8. The first kappa shape index (κ1) is 16.4. The summed E-state index contributed by atoms with van der Waals surface area (Å²) in [5.74, 6) is 4.61. The van der Waals surface area contributed by atoms with Crippen molar-refractivity contribution in [3.05, 3.63) is 11.4 Å². The van der Waals surface area contributed by atoms with E-state index in [2.05, 4.69) is 56.6 Å². The molecule has 0 radical (unpaired) electrons. The Kier molecular flexibility index (Phi) is 5.73. The van der Waals surface area contributed by atoms with Crippen LogP contribution in [0.2, 0.25) is 0 Å². The number of thioether (sulfide) groups is 1. The molecule has 21 heavy (non-hydrogen) atoms. The van der Waals surface area contributed by atoms with Crippen molar-refractivity contribution in [1.82, 2.24) is 9.97 Å². The maximum absolute atomic E-state index is 4.86. The van der Waals surface area contributed by atoms with Gasteiger partial charge >= 0.3 is 0 Å². The number of rotatable bonds is 5. The Labute approximate surface area is 133 Å². The molecular formula is C16H28N4S. The van der Waals surface area contributed by atoms with Gasteiger partial charge in [-0.1, -0.05) is 27.7 Å². The smallest absolute Gasteiger partial charge is 0.137 e. The first-order valence-corrected chi connectivity index (χ1v) is 9.06. The van der Waals surface area contributed by atoms with Crippen LogP contribution in [0.3, 0.4) is 0 Å². The predicted molar refractivity (Wildman–Crippen MR) is 93.8 cm³/mol. The van der Waals surface area contributed by atoms with Gasteiger partial charge in [0.1, 0.15) is 17.5 Å². The van der Waals surface area contributed by atoms with Crippen LogP contribution >= 0.6 is 11.8 Å². The Bertz CT molecular complexity index is 476. The molecule has 0 bridgehead atoms. The van der Waals surface area contributed by atoms with Gasteiger partial charge in [0.2, 0.25) is 0 Å². The molecule has 1 aromatic heterocycles. The molecule has 0 spiro atoms. The van der Waals surface area contributed by atoms with E-state index >= 15 is 0 Å². The second kappa shape index (κ2) is 7.34. The number of nitrogens with zero attached hydrogens (tertiary/aromatic N) is 3. The van der Waals surface area contributed by atoms with E-state index in [0.717, 1.165) is 43.5 Å². The highest BCUT2D eigenvalue weighted by atomic mass is 32.2. The number of hydrogen-bond acceptors (Lipinski definition) is 5. The van der Waals surface area contributed by atoms with Crippen LogP contribution in [0.15, 0.2) is 0 Å². The first-order valence-electron chi connectivity index (χ1n) is 8.01. The molecule has 1 saturated heterocycles. The topological polar surface area (TPSA) is 41.1 Å². The van der Waals surface area contributed by atoms with Crippen LogP contribution in [0.4, 0.5) is 11.6 Å². The van der Waals surface area contributed by atoms with Crippen molar-refractivity contribution in [3.63, 3.8) is 0 Å². The number of anilines is 2. The van der Waals surface area contributed by atoms with Crippen LogP contribution in [0.1, 0.15) is 51.4 Å². The number of aromatic nitrogens is 2. The van der Waals surface area contributed by atoms with Crippen molar-refractivity contribution in [3.8, 4) is 0 Å². The van der Waals surface area contributed by atoms with Crippen molar-refractivity contribution < 1.29 is 0 Å². The summed E-state index contributed by atoms with van der Waals surface area (Å²) in [6, 6.07) is 0. The fraction of sp³-hybridized carbons (Fsp3) is 0.750. The second-order valence-electron chi connectivity index (χ2n) is 6.09. The lowest BCUT2D eigenvalue weighted by Gasteiger charge is -2.33. The van der Waals surface area contributed by atoms with Gasteiger partial charge in [-0.25, -0.2) is 9.97 Å². The van der Waals surface area contributed by atoms with Gasteiger partial charge in [0, 0.05) is 42.1 Å². The first-order chi connectivity index (χ1) is 10.0. The van der Waals surface area contributed by atoms with Gasteiger partial charge in [-0.3, -0.25) is 0 Å². The zero-order valence-electron chi connectivity index (χ0n) is 13.9. The lowest BCUT2D eigenvalue weighted by atomic mass is 10.2. The summed E-state index contributed by atoms with van der Waals surface area (Å²) < 4.78 is 0. The second-order valence-corrected chi connectivity index (χ2v) is 7.63. The molecule has 5 heteroatoms. The average Bonchev–Trinajstić information content (AvgIpc) is 2.46. The Balaban J connectivity index is 2.35. The van der Waals surface area contributed by atoms with Crippen LogP contribution < -0.4 is 10.2 Å². The van der Waals surface area contributed by atoms with E-state index in [-0.39, 0.29) is 0 Å². The molecule has 1 aromatic rings. The van der Waals surface area contributed by atoms with E-state index in [1.807, 2.05) is 0 Å². The third-order valence-corrected chi connectivity index (χ3v) is 4.87. The number of hydrogen-bond donors (Lipinski definition) is 1. The third kappa shape index (κ3) is 4.02. The van der Waals surface area contributed by atoms with E-state index in [0.29, 0.717) is 11.2 Å². The lowest BCUT2D eigenvalue weighted by molar-refractivity contribution is 0.730. The van der Waals surface area contributed by atoms with Crippen LogP contribution in [0.5, 0.6) is 0 Å². The van der Waals surface area contributed by atoms with Gasteiger partial charge in [0.25, 0.3) is 0 Å². The highest BCUT2D eigenvalue weighted by Gasteiger charge is 2.22. The molecule has 118 valence electrons. The molecule has 0 amide bonds. The summed E-state index contributed by atoms with van der Waals surface area (Å²) in [5, 5.41) is 4.13. The molecule has 2 rings (SSSR count). The largest absolute Gasteiger partial charge is 0.370 e. The SMILES string of the molecule is CCCNc1nc(C(C)C)nc(N2CCSC(C)C2)c1C. The summed E-state index contributed by atoms with van der Waals surface area (Å²) in [5.41, 5.74) is 1.19. The van der Waals surface area contributed by atoms with Crippen molar-refractivity contribution in [2.45, 2.75) is 52.2 Å². The highest BCUT2D eigenvalue weighted by Crippen LogP contribution is 2.29. The van der Waals surface area contributed by atoms with Crippen molar-refractivity contribution in [2.24, 2.45) is 0 Å². The van der Waals surface area contributed by atoms with Gasteiger partial charge in [-0.2, -0.15) is 11.8 Å². The average molecular weight is 308 g/mol. The van der Waals surface area contributed by atoms with Gasteiger partial charge in [0.05, 0.1) is 0 Å². The minimum Gasteiger partial charge on any atom is -0.370 e. The molecule has 1 aliphatic heterocycles. The highest BCUT2D eigenvalue weighted by molar-refractivity contribution is 8.00. The fourth-order valence-corrected chi connectivity index (χ4v) is 3.53. The Morgan fingerprint density at radius 1 is 1.38 bits per heavy atom. The number of nitrogens with one attached hydrogen (secondary N) is 1. The van der Waals surface area contributed by atoms with E-state index in [4.69, 9.17) is 9.97 Å². The van der Waals surface area contributed by atoms with Crippen LogP contribution in [0, 0.1) is 6.92 Å². The summed E-state index contributed by atoms with van der Waals surface area (Å²) in [6.07, 6.45) is 1.10. The van der Waals surface area contributed by atoms with Crippen LogP contribution in [-0.4, -0.2) is 40.6 Å². The minimum atomic E-state index is 0.350. The maximum atomic E-state index is 4.86. The van der Waals surface area contributed by atoms with Crippen molar-refractivity contribution >= 4 is 23.4 Å². The molecule has 0 aliphatic carbocycles. The summed E-state index contributed by atoms with van der Waals surface area (Å²) in [7, 11) is 0. The molecule has 4 nitrogen and oxygen atoms in total. The Hall–Kier alpha value is -0.970. The van der Waals surface area contributed by atoms with E-state index < -0.39 is 0 Å². The predicted octanol–water partition coefficient (Wildman–Crippen LogP) is 3.67. The lowest BCUT2D eigenvalue weighted by Crippen LogP contribution is -2.38. The zero-order chi connectivity index (χ0) is 15.4.